The van der Waals surface area contributed by atoms with Crippen LogP contribution in [0.1, 0.15) is 31.1 Å². The molecule has 0 spiro atoms. The Kier molecular flexibility index (Phi) is 3.77. The van der Waals surface area contributed by atoms with E-state index in [1.54, 1.807) is 43.4 Å². The van der Waals surface area contributed by atoms with Gasteiger partial charge in [-0.05, 0) is 55.5 Å². The molecule has 0 aliphatic heterocycles. The first kappa shape index (κ1) is 13.2. The number of benzene rings is 1. The second kappa shape index (κ2) is 4.57. The number of ether oxygens (including phenoxy) is 1. The molecule has 0 aliphatic carbocycles. The molecule has 0 unspecified atom stereocenters. The fourth-order valence-corrected chi connectivity index (χ4v) is 1.64. The predicted octanol–water partition coefficient (Wildman–Crippen LogP) is 3.09. The van der Waals surface area contributed by atoms with Gasteiger partial charge in [0, 0.05) is 0 Å². The molecule has 0 radical (unpaired) electrons. The van der Waals surface area contributed by atoms with Crippen LogP contribution in [0.15, 0.2) is 12.1 Å². The largest absolute Gasteiger partial charge is 0.506 e. The molecule has 1 aromatic carbocycles. The van der Waals surface area contributed by atoms with Crippen LogP contribution in [0, 0.1) is 9.39 Å². The van der Waals surface area contributed by atoms with Crippen LogP contribution < -0.4 is 0 Å². The Hall–Kier alpha value is -0.850. The summed E-state index contributed by atoms with van der Waals surface area (Å²) >= 11 is 1.75. The van der Waals surface area contributed by atoms with Gasteiger partial charge >= 0.3 is 5.97 Å². The van der Waals surface area contributed by atoms with Crippen molar-refractivity contribution in [3.05, 3.63) is 27.1 Å². The van der Waals surface area contributed by atoms with Gasteiger partial charge in [-0.1, -0.05) is 0 Å². The number of esters is 1. The minimum atomic E-state index is -0.734. The summed E-state index contributed by atoms with van der Waals surface area (Å²) in [5, 5.41) is 9.61. The topological polar surface area (TPSA) is 46.5 Å². The van der Waals surface area contributed by atoms with Crippen LogP contribution in [0.3, 0.4) is 0 Å². The van der Waals surface area contributed by atoms with E-state index in [0.717, 1.165) is 12.1 Å². The second-order valence-electron chi connectivity index (χ2n) is 4.29. The van der Waals surface area contributed by atoms with Crippen LogP contribution in [-0.2, 0) is 4.74 Å². The Morgan fingerprint density at radius 1 is 1.44 bits per heavy atom. The van der Waals surface area contributed by atoms with Gasteiger partial charge < -0.3 is 9.84 Å². The highest BCUT2D eigenvalue weighted by Crippen LogP contribution is 2.27. The number of carbonyl (C=O) groups excluding carboxylic acids is 1. The first-order chi connectivity index (χ1) is 7.20. The molecule has 1 N–H and O–H groups in total. The summed E-state index contributed by atoms with van der Waals surface area (Å²) in [5.41, 5.74) is -0.833. The molecule has 0 saturated carbocycles. The van der Waals surface area contributed by atoms with Crippen LogP contribution in [0.25, 0.3) is 0 Å². The maximum Gasteiger partial charge on any atom is 0.342 e. The first-order valence-electron chi connectivity index (χ1n) is 4.62. The number of hydrogen-bond donors (Lipinski definition) is 1. The predicted molar refractivity (Wildman–Crippen MR) is 66.0 cm³/mol. The molecule has 0 bridgehead atoms. The Morgan fingerprint density at radius 3 is 2.50 bits per heavy atom. The highest BCUT2D eigenvalue weighted by molar-refractivity contribution is 14.1. The summed E-state index contributed by atoms with van der Waals surface area (Å²) in [5.74, 6) is -1.57. The fourth-order valence-electron chi connectivity index (χ4n) is 1.05. The van der Waals surface area contributed by atoms with Gasteiger partial charge in [0.1, 0.15) is 22.7 Å². The molecule has 0 saturated heterocycles. The standard InChI is InChI=1S/C11H12FIO3/c1-11(2,3)16-10(15)7-4-6(12)5-8(13)9(7)14/h4-5,14H,1-3H3. The molecule has 0 atom stereocenters. The minimum Gasteiger partial charge on any atom is -0.506 e. The molecule has 0 heterocycles. The van der Waals surface area contributed by atoms with Gasteiger partial charge in [-0.25, -0.2) is 9.18 Å². The minimum absolute atomic E-state index is 0.153. The van der Waals surface area contributed by atoms with Crippen LogP contribution in [-0.4, -0.2) is 16.7 Å². The number of aromatic hydroxyl groups is 1. The van der Waals surface area contributed by atoms with E-state index in [4.69, 9.17) is 4.74 Å². The summed E-state index contributed by atoms with van der Waals surface area (Å²) in [4.78, 5) is 11.6. The van der Waals surface area contributed by atoms with Crippen molar-refractivity contribution >= 4 is 28.6 Å². The second-order valence-corrected chi connectivity index (χ2v) is 5.45. The van der Waals surface area contributed by atoms with Crippen molar-refractivity contribution in [3.63, 3.8) is 0 Å². The van der Waals surface area contributed by atoms with E-state index < -0.39 is 17.4 Å². The summed E-state index contributed by atoms with van der Waals surface area (Å²) in [6.07, 6.45) is 0. The zero-order valence-electron chi connectivity index (χ0n) is 9.17. The molecule has 3 nitrogen and oxygen atoms in total. The molecule has 1 rings (SSSR count). The van der Waals surface area contributed by atoms with Gasteiger partial charge in [-0.15, -0.1) is 0 Å². The maximum atomic E-state index is 13.1. The molecule has 0 fully saturated rings. The molecule has 0 aromatic heterocycles. The molecular weight excluding hydrogens is 326 g/mol. The number of carbonyl (C=O) groups is 1. The highest BCUT2D eigenvalue weighted by atomic mass is 127. The van der Waals surface area contributed by atoms with E-state index in [0.29, 0.717) is 0 Å². The van der Waals surface area contributed by atoms with E-state index in [1.165, 1.54) is 0 Å². The van der Waals surface area contributed by atoms with Crippen LogP contribution >= 0.6 is 22.6 Å². The number of hydrogen-bond acceptors (Lipinski definition) is 3. The Morgan fingerprint density at radius 2 is 2.00 bits per heavy atom. The quantitative estimate of drug-likeness (QED) is 0.632. The third kappa shape index (κ3) is 3.33. The Labute approximate surface area is 107 Å². The number of halogens is 2. The normalized spacial score (nSPS) is 11.3. The number of phenols is 1. The summed E-state index contributed by atoms with van der Waals surface area (Å²) in [7, 11) is 0. The molecule has 5 heteroatoms. The lowest BCUT2D eigenvalue weighted by molar-refractivity contribution is 0.00661. The number of rotatable bonds is 1. The van der Waals surface area contributed by atoms with Crippen molar-refractivity contribution in [3.8, 4) is 5.75 Å². The SMILES string of the molecule is CC(C)(C)OC(=O)c1cc(F)cc(I)c1O. The summed E-state index contributed by atoms with van der Waals surface area (Å²) < 4.78 is 18.4. The molecule has 88 valence electrons. The van der Waals surface area contributed by atoms with Crippen molar-refractivity contribution < 1.29 is 19.0 Å². The van der Waals surface area contributed by atoms with Gasteiger partial charge in [0.25, 0.3) is 0 Å². The maximum absolute atomic E-state index is 13.1. The molecule has 16 heavy (non-hydrogen) atoms. The van der Waals surface area contributed by atoms with Gasteiger partial charge in [-0.2, -0.15) is 0 Å². The van der Waals surface area contributed by atoms with Crippen molar-refractivity contribution in [1.29, 1.82) is 0 Å². The third-order valence-electron chi connectivity index (χ3n) is 1.65. The monoisotopic (exact) mass is 338 g/mol. The lowest BCUT2D eigenvalue weighted by Crippen LogP contribution is -2.24. The highest BCUT2D eigenvalue weighted by Gasteiger charge is 2.22. The van der Waals surface area contributed by atoms with Crippen molar-refractivity contribution in [1.82, 2.24) is 0 Å². The number of phenolic OH excluding ortho intramolecular Hbond substituents is 1. The van der Waals surface area contributed by atoms with Gasteiger partial charge in [0.05, 0.1) is 3.57 Å². The van der Waals surface area contributed by atoms with Crippen molar-refractivity contribution in [2.24, 2.45) is 0 Å². The van der Waals surface area contributed by atoms with Crippen LogP contribution in [0.2, 0.25) is 0 Å². The van der Waals surface area contributed by atoms with Crippen LogP contribution in [0.5, 0.6) is 5.75 Å². The summed E-state index contributed by atoms with van der Waals surface area (Å²) in [6.45, 7) is 5.10. The van der Waals surface area contributed by atoms with E-state index in [-0.39, 0.29) is 14.9 Å². The van der Waals surface area contributed by atoms with Crippen molar-refractivity contribution in [2.75, 3.05) is 0 Å². The molecule has 1 aromatic rings. The lowest BCUT2D eigenvalue weighted by atomic mass is 10.1. The zero-order chi connectivity index (χ0) is 12.5. The van der Waals surface area contributed by atoms with Gasteiger partial charge in [0.15, 0.2) is 0 Å². The van der Waals surface area contributed by atoms with E-state index in [9.17, 15) is 14.3 Å². The first-order valence-corrected chi connectivity index (χ1v) is 5.70. The van der Waals surface area contributed by atoms with E-state index in [1.807, 2.05) is 0 Å². The van der Waals surface area contributed by atoms with E-state index in [2.05, 4.69) is 0 Å². The lowest BCUT2D eigenvalue weighted by Gasteiger charge is -2.20. The van der Waals surface area contributed by atoms with Crippen LogP contribution in [0.4, 0.5) is 4.39 Å². The third-order valence-corrected chi connectivity index (χ3v) is 2.47. The average molecular weight is 338 g/mol. The Bertz CT molecular complexity index is 424. The molecule has 0 amide bonds. The zero-order valence-corrected chi connectivity index (χ0v) is 11.3. The fraction of sp³-hybridized carbons (Fsp3) is 0.364. The van der Waals surface area contributed by atoms with Gasteiger partial charge in [0.2, 0.25) is 0 Å². The molecular formula is C11H12FIO3. The van der Waals surface area contributed by atoms with E-state index >= 15 is 0 Å². The summed E-state index contributed by atoms with van der Waals surface area (Å²) in [6, 6.07) is 2.11. The average Bonchev–Trinajstić information content (AvgIpc) is 2.08. The molecule has 0 aliphatic rings. The smallest absolute Gasteiger partial charge is 0.342 e. The van der Waals surface area contributed by atoms with Crippen molar-refractivity contribution in [2.45, 2.75) is 26.4 Å². The van der Waals surface area contributed by atoms with Gasteiger partial charge in [-0.3, -0.25) is 0 Å². The Balaban J connectivity index is 3.09.